The van der Waals surface area contributed by atoms with Gasteiger partial charge in [-0.05, 0) is 36.4 Å². The van der Waals surface area contributed by atoms with E-state index in [1.54, 1.807) is 38.4 Å². The standard InChI is InChI=1S/C18H17N3O6/c1-20(2)17(23)12-3-7-14(8-4-12)19-16(22)11-27-18(24)13-5-9-15(10-6-13)21(25)26/h3-10H,11H2,1-2H3,(H,19,22). The Morgan fingerprint density at radius 1 is 1.00 bits per heavy atom. The lowest BCUT2D eigenvalue weighted by molar-refractivity contribution is -0.384. The van der Waals surface area contributed by atoms with Crippen molar-refractivity contribution in [1.82, 2.24) is 4.90 Å². The van der Waals surface area contributed by atoms with Gasteiger partial charge < -0.3 is 15.0 Å². The molecule has 0 atom stereocenters. The molecule has 1 N–H and O–H groups in total. The molecule has 0 aliphatic heterocycles. The first kappa shape index (κ1) is 19.6. The highest BCUT2D eigenvalue weighted by Gasteiger charge is 2.13. The maximum absolute atomic E-state index is 11.9. The van der Waals surface area contributed by atoms with Crippen molar-refractivity contribution in [3.8, 4) is 0 Å². The number of nitro groups is 1. The number of hydrogen-bond acceptors (Lipinski definition) is 6. The van der Waals surface area contributed by atoms with Crippen LogP contribution in [0.2, 0.25) is 0 Å². The number of carbonyl (C=O) groups is 3. The molecule has 0 aliphatic carbocycles. The number of ether oxygens (including phenoxy) is 1. The summed E-state index contributed by atoms with van der Waals surface area (Å²) in [6.45, 7) is -0.520. The Labute approximate surface area is 154 Å². The van der Waals surface area contributed by atoms with Gasteiger partial charge in [-0.2, -0.15) is 0 Å². The normalized spacial score (nSPS) is 10.0. The summed E-state index contributed by atoms with van der Waals surface area (Å²) in [4.78, 5) is 46.9. The van der Waals surface area contributed by atoms with Crippen molar-refractivity contribution in [3.05, 3.63) is 69.8 Å². The van der Waals surface area contributed by atoms with Crippen LogP contribution in [0.4, 0.5) is 11.4 Å². The van der Waals surface area contributed by atoms with Crippen LogP contribution < -0.4 is 5.32 Å². The van der Waals surface area contributed by atoms with Crippen molar-refractivity contribution in [2.75, 3.05) is 26.0 Å². The molecule has 9 nitrogen and oxygen atoms in total. The van der Waals surface area contributed by atoms with Gasteiger partial charge in [-0.15, -0.1) is 0 Å². The maximum atomic E-state index is 11.9. The minimum absolute atomic E-state index is 0.0972. The van der Waals surface area contributed by atoms with Crippen molar-refractivity contribution in [2.24, 2.45) is 0 Å². The van der Waals surface area contributed by atoms with E-state index in [1.807, 2.05) is 0 Å². The summed E-state index contributed by atoms with van der Waals surface area (Å²) in [5.41, 5.74) is 0.865. The van der Waals surface area contributed by atoms with Crippen LogP contribution in [0.3, 0.4) is 0 Å². The highest BCUT2D eigenvalue weighted by molar-refractivity contribution is 5.97. The molecule has 0 radical (unpaired) electrons. The topological polar surface area (TPSA) is 119 Å². The molecular weight excluding hydrogens is 354 g/mol. The smallest absolute Gasteiger partial charge is 0.338 e. The number of amides is 2. The molecule has 9 heteroatoms. The molecule has 2 amide bonds. The van der Waals surface area contributed by atoms with E-state index in [4.69, 9.17) is 4.74 Å². The third-order valence-electron chi connectivity index (χ3n) is 3.47. The Morgan fingerprint density at radius 2 is 1.56 bits per heavy atom. The highest BCUT2D eigenvalue weighted by Crippen LogP contribution is 2.13. The predicted octanol–water partition coefficient (Wildman–Crippen LogP) is 2.09. The van der Waals surface area contributed by atoms with Crippen molar-refractivity contribution < 1.29 is 24.0 Å². The van der Waals surface area contributed by atoms with Gasteiger partial charge in [0, 0.05) is 37.5 Å². The minimum atomic E-state index is -0.771. The molecule has 2 aromatic carbocycles. The summed E-state index contributed by atoms with van der Waals surface area (Å²) in [7, 11) is 3.27. The van der Waals surface area contributed by atoms with Crippen molar-refractivity contribution in [1.29, 1.82) is 0 Å². The van der Waals surface area contributed by atoms with Crippen LogP contribution in [0, 0.1) is 10.1 Å². The van der Waals surface area contributed by atoms with E-state index in [2.05, 4.69) is 5.32 Å². The van der Waals surface area contributed by atoms with Gasteiger partial charge in [0.15, 0.2) is 6.61 Å². The molecule has 0 spiro atoms. The second-order valence-electron chi connectivity index (χ2n) is 5.71. The molecule has 0 saturated heterocycles. The summed E-state index contributed by atoms with van der Waals surface area (Å²) < 4.78 is 4.87. The van der Waals surface area contributed by atoms with Gasteiger partial charge in [-0.25, -0.2) is 4.79 Å². The zero-order valence-corrected chi connectivity index (χ0v) is 14.7. The second kappa shape index (κ2) is 8.56. The lowest BCUT2D eigenvalue weighted by Gasteiger charge is -2.11. The van der Waals surface area contributed by atoms with E-state index < -0.39 is 23.4 Å². The predicted molar refractivity (Wildman–Crippen MR) is 96.5 cm³/mol. The van der Waals surface area contributed by atoms with Crippen LogP contribution in [0.1, 0.15) is 20.7 Å². The molecule has 0 bridgehead atoms. The van der Waals surface area contributed by atoms with Crippen molar-refractivity contribution >= 4 is 29.2 Å². The van der Waals surface area contributed by atoms with E-state index in [0.717, 1.165) is 0 Å². The van der Waals surface area contributed by atoms with Gasteiger partial charge in [-0.3, -0.25) is 19.7 Å². The summed E-state index contributed by atoms with van der Waals surface area (Å²) in [5, 5.41) is 13.1. The number of esters is 1. The Hall–Kier alpha value is -3.75. The maximum Gasteiger partial charge on any atom is 0.338 e. The van der Waals surface area contributed by atoms with Gasteiger partial charge in [0.25, 0.3) is 17.5 Å². The molecule has 0 heterocycles. The van der Waals surface area contributed by atoms with Gasteiger partial charge in [0.05, 0.1) is 10.5 Å². The first-order chi connectivity index (χ1) is 12.8. The number of nitro benzene ring substituents is 1. The van der Waals surface area contributed by atoms with Crippen LogP contribution in [0.15, 0.2) is 48.5 Å². The van der Waals surface area contributed by atoms with Gasteiger partial charge in [-0.1, -0.05) is 0 Å². The van der Waals surface area contributed by atoms with Gasteiger partial charge >= 0.3 is 5.97 Å². The SMILES string of the molecule is CN(C)C(=O)c1ccc(NC(=O)COC(=O)c2ccc([N+](=O)[O-])cc2)cc1. The number of hydrogen-bond donors (Lipinski definition) is 1. The fraction of sp³-hybridized carbons (Fsp3) is 0.167. The second-order valence-corrected chi connectivity index (χ2v) is 5.71. The Bertz CT molecular complexity index is 860. The molecule has 2 rings (SSSR count). The minimum Gasteiger partial charge on any atom is -0.452 e. The molecule has 27 heavy (non-hydrogen) atoms. The van der Waals surface area contributed by atoms with Crippen molar-refractivity contribution in [3.63, 3.8) is 0 Å². The third kappa shape index (κ3) is 5.36. The summed E-state index contributed by atoms with van der Waals surface area (Å²) in [6, 6.07) is 11.1. The summed E-state index contributed by atoms with van der Waals surface area (Å²) in [6.07, 6.45) is 0. The Balaban J connectivity index is 1.87. The Kier molecular flexibility index (Phi) is 6.21. The summed E-state index contributed by atoms with van der Waals surface area (Å²) >= 11 is 0. The first-order valence-corrected chi connectivity index (χ1v) is 7.81. The molecule has 0 aliphatic rings. The average molecular weight is 371 g/mol. The fourth-order valence-electron chi connectivity index (χ4n) is 2.09. The number of nitrogens with one attached hydrogen (secondary N) is 1. The average Bonchev–Trinajstić information content (AvgIpc) is 2.66. The van der Waals surface area contributed by atoms with E-state index in [0.29, 0.717) is 11.3 Å². The van der Waals surface area contributed by atoms with Crippen LogP contribution in [0.5, 0.6) is 0 Å². The lowest BCUT2D eigenvalue weighted by atomic mass is 10.2. The largest absolute Gasteiger partial charge is 0.452 e. The van der Waals surface area contributed by atoms with Crippen LogP contribution in [0.25, 0.3) is 0 Å². The number of non-ortho nitro benzene ring substituents is 1. The number of carbonyl (C=O) groups excluding carboxylic acids is 3. The van der Waals surface area contributed by atoms with E-state index >= 15 is 0 Å². The van der Waals surface area contributed by atoms with Gasteiger partial charge in [0.2, 0.25) is 0 Å². The van der Waals surface area contributed by atoms with E-state index in [-0.39, 0.29) is 17.2 Å². The number of nitrogens with zero attached hydrogens (tertiary/aromatic N) is 2. The van der Waals surface area contributed by atoms with Crippen LogP contribution in [-0.2, 0) is 9.53 Å². The number of rotatable bonds is 6. The van der Waals surface area contributed by atoms with E-state index in [1.165, 1.54) is 29.2 Å². The monoisotopic (exact) mass is 371 g/mol. The lowest BCUT2D eigenvalue weighted by Crippen LogP contribution is -2.22. The molecule has 0 unspecified atom stereocenters. The summed E-state index contributed by atoms with van der Waals surface area (Å²) in [5.74, 6) is -1.49. The van der Waals surface area contributed by atoms with Crippen LogP contribution >= 0.6 is 0 Å². The molecule has 140 valence electrons. The molecular formula is C18H17N3O6. The number of benzene rings is 2. The highest BCUT2D eigenvalue weighted by atomic mass is 16.6. The third-order valence-corrected chi connectivity index (χ3v) is 3.47. The fourth-order valence-corrected chi connectivity index (χ4v) is 2.09. The number of anilines is 1. The molecule has 0 aromatic heterocycles. The zero-order chi connectivity index (χ0) is 20.0. The quantitative estimate of drug-likeness (QED) is 0.472. The van der Waals surface area contributed by atoms with Crippen molar-refractivity contribution in [2.45, 2.75) is 0 Å². The molecule has 2 aromatic rings. The first-order valence-electron chi connectivity index (χ1n) is 7.81. The zero-order valence-electron chi connectivity index (χ0n) is 14.7. The van der Waals surface area contributed by atoms with E-state index in [9.17, 15) is 24.5 Å². The van der Waals surface area contributed by atoms with Gasteiger partial charge in [0.1, 0.15) is 0 Å². The Morgan fingerprint density at radius 3 is 2.07 bits per heavy atom. The molecule has 0 fully saturated rings. The molecule has 0 saturated carbocycles. The van der Waals surface area contributed by atoms with Crippen LogP contribution in [-0.4, -0.2) is 48.3 Å².